The fraction of sp³-hybridized carbons (Fsp3) is 0.600. The smallest absolute Gasteiger partial charge is 0.321 e. The number of nitrogens with one attached hydrogen (secondary N) is 1. The summed E-state index contributed by atoms with van der Waals surface area (Å²) in [6, 6.07) is 5.56. The molecular weight excluding hydrogens is 349 g/mol. The number of rotatable bonds is 2. The lowest BCUT2D eigenvalue weighted by molar-refractivity contribution is -0.149. The van der Waals surface area contributed by atoms with Crippen molar-refractivity contribution in [1.29, 1.82) is 0 Å². The molecule has 1 atom stereocenters. The second kappa shape index (κ2) is 7.46. The minimum atomic E-state index is -0.329. The third-order valence-electron chi connectivity index (χ3n) is 6.00. The zero-order valence-corrected chi connectivity index (χ0v) is 15.5. The molecule has 27 heavy (non-hydrogen) atoms. The lowest BCUT2D eigenvalue weighted by Gasteiger charge is -2.39. The van der Waals surface area contributed by atoms with Crippen molar-refractivity contribution in [3.8, 4) is 0 Å². The van der Waals surface area contributed by atoms with E-state index in [1.165, 1.54) is 12.1 Å². The molecule has 0 aromatic heterocycles. The highest BCUT2D eigenvalue weighted by Crippen LogP contribution is 2.39. The van der Waals surface area contributed by atoms with Crippen molar-refractivity contribution < 1.29 is 18.7 Å². The van der Waals surface area contributed by atoms with Gasteiger partial charge in [-0.05, 0) is 62.8 Å². The molecule has 3 fully saturated rings. The summed E-state index contributed by atoms with van der Waals surface area (Å²) in [5.41, 5.74) is 0.308. The molecule has 0 bridgehead atoms. The first-order chi connectivity index (χ1) is 13.0. The topological polar surface area (TPSA) is 61.9 Å². The lowest BCUT2D eigenvalue weighted by Crippen LogP contribution is -2.48. The van der Waals surface area contributed by atoms with Gasteiger partial charge in [-0.3, -0.25) is 4.79 Å². The Labute approximate surface area is 158 Å². The summed E-state index contributed by atoms with van der Waals surface area (Å²) in [5, 5.41) is 2.80. The standard InChI is InChI=1S/C20H26FN3O3/c21-15-3-5-16(6-4-15)22-19(26)24-13-9-20(10-14-24)8-7-17(27-20)18(25)23-11-1-2-12-23/h3-6,17H,1-2,7-14H2,(H,22,26)/t17-/m0/s1. The average molecular weight is 375 g/mol. The molecule has 7 heteroatoms. The van der Waals surface area contributed by atoms with Gasteiger partial charge in [-0.15, -0.1) is 0 Å². The quantitative estimate of drug-likeness (QED) is 0.864. The monoisotopic (exact) mass is 375 g/mol. The van der Waals surface area contributed by atoms with Gasteiger partial charge in [0, 0.05) is 31.9 Å². The summed E-state index contributed by atoms with van der Waals surface area (Å²) in [6.45, 7) is 2.89. The molecule has 1 aromatic carbocycles. The Kier molecular flexibility index (Phi) is 5.04. The second-order valence-corrected chi connectivity index (χ2v) is 7.78. The maximum Gasteiger partial charge on any atom is 0.321 e. The molecule has 3 saturated heterocycles. The van der Waals surface area contributed by atoms with Crippen LogP contribution in [-0.4, -0.2) is 59.6 Å². The molecule has 4 rings (SSSR count). The summed E-state index contributed by atoms with van der Waals surface area (Å²) < 4.78 is 19.2. The Bertz CT molecular complexity index is 695. The number of nitrogens with zero attached hydrogens (tertiary/aromatic N) is 2. The Balaban J connectivity index is 1.29. The molecule has 1 N–H and O–H groups in total. The van der Waals surface area contributed by atoms with Gasteiger partial charge in [0.05, 0.1) is 5.60 Å². The minimum absolute atomic E-state index is 0.140. The fourth-order valence-corrected chi connectivity index (χ4v) is 4.35. The summed E-state index contributed by atoms with van der Waals surface area (Å²) in [5.74, 6) is -0.190. The normalized spacial score (nSPS) is 24.4. The summed E-state index contributed by atoms with van der Waals surface area (Å²) in [7, 11) is 0. The highest BCUT2D eigenvalue weighted by molar-refractivity contribution is 5.89. The Morgan fingerprint density at radius 3 is 2.33 bits per heavy atom. The molecule has 6 nitrogen and oxygen atoms in total. The van der Waals surface area contributed by atoms with Gasteiger partial charge in [0.2, 0.25) is 0 Å². The highest BCUT2D eigenvalue weighted by atomic mass is 19.1. The molecule has 0 unspecified atom stereocenters. The summed E-state index contributed by atoms with van der Waals surface area (Å²) in [6.07, 6.45) is 5.00. The number of carbonyl (C=O) groups is 2. The highest BCUT2D eigenvalue weighted by Gasteiger charge is 2.46. The molecule has 1 aromatic rings. The third-order valence-corrected chi connectivity index (χ3v) is 6.00. The van der Waals surface area contributed by atoms with Gasteiger partial charge in [0.15, 0.2) is 0 Å². The number of hydrogen-bond acceptors (Lipinski definition) is 3. The van der Waals surface area contributed by atoms with E-state index in [1.54, 1.807) is 17.0 Å². The zero-order valence-electron chi connectivity index (χ0n) is 15.5. The number of halogens is 1. The van der Waals surface area contributed by atoms with Crippen LogP contribution in [-0.2, 0) is 9.53 Å². The number of hydrogen-bond donors (Lipinski definition) is 1. The maximum absolute atomic E-state index is 13.0. The SMILES string of the molecule is O=C(Nc1ccc(F)cc1)N1CCC2(CC[C@@H](C(=O)N3CCCC3)O2)CC1. The number of ether oxygens (including phenoxy) is 1. The van der Waals surface area contributed by atoms with Gasteiger partial charge in [-0.2, -0.15) is 0 Å². The molecular formula is C20H26FN3O3. The van der Waals surface area contributed by atoms with Gasteiger partial charge in [-0.25, -0.2) is 9.18 Å². The summed E-state index contributed by atoms with van der Waals surface area (Å²) in [4.78, 5) is 28.7. The average Bonchev–Trinajstić information content (AvgIpc) is 3.34. The van der Waals surface area contributed by atoms with Crippen LogP contribution in [0.1, 0.15) is 38.5 Å². The van der Waals surface area contributed by atoms with Crippen molar-refractivity contribution in [1.82, 2.24) is 9.80 Å². The number of urea groups is 1. The first-order valence-corrected chi connectivity index (χ1v) is 9.83. The van der Waals surface area contributed by atoms with Gasteiger partial charge >= 0.3 is 6.03 Å². The van der Waals surface area contributed by atoms with E-state index in [-0.39, 0.29) is 29.5 Å². The van der Waals surface area contributed by atoms with Crippen LogP contribution in [0.25, 0.3) is 0 Å². The Hall–Kier alpha value is -2.15. The van der Waals surface area contributed by atoms with Crippen LogP contribution in [0.5, 0.6) is 0 Å². The Morgan fingerprint density at radius 2 is 1.67 bits per heavy atom. The molecule has 0 saturated carbocycles. The van der Waals surface area contributed by atoms with E-state index in [0.717, 1.165) is 51.6 Å². The van der Waals surface area contributed by atoms with E-state index < -0.39 is 0 Å². The predicted molar refractivity (Wildman–Crippen MR) is 98.9 cm³/mol. The predicted octanol–water partition coefficient (Wildman–Crippen LogP) is 2.99. The van der Waals surface area contributed by atoms with Gasteiger partial charge in [-0.1, -0.05) is 0 Å². The summed E-state index contributed by atoms with van der Waals surface area (Å²) >= 11 is 0. The van der Waals surface area contributed by atoms with Gasteiger partial charge < -0.3 is 19.9 Å². The van der Waals surface area contributed by atoms with E-state index in [2.05, 4.69) is 5.32 Å². The molecule has 3 amide bonds. The van der Waals surface area contributed by atoms with E-state index in [1.807, 2.05) is 4.90 Å². The van der Waals surface area contributed by atoms with E-state index >= 15 is 0 Å². The third kappa shape index (κ3) is 3.93. The van der Waals surface area contributed by atoms with Crippen molar-refractivity contribution in [3.05, 3.63) is 30.1 Å². The first kappa shape index (κ1) is 18.2. The van der Waals surface area contributed by atoms with Crippen molar-refractivity contribution >= 4 is 17.6 Å². The number of benzene rings is 1. The minimum Gasteiger partial charge on any atom is -0.362 e. The van der Waals surface area contributed by atoms with Crippen molar-refractivity contribution in [2.24, 2.45) is 0 Å². The molecule has 3 heterocycles. The van der Waals surface area contributed by atoms with Gasteiger partial charge in [0.25, 0.3) is 5.91 Å². The largest absolute Gasteiger partial charge is 0.362 e. The van der Waals surface area contributed by atoms with Crippen molar-refractivity contribution in [2.75, 3.05) is 31.5 Å². The molecule has 0 radical (unpaired) electrons. The van der Waals surface area contributed by atoms with Crippen molar-refractivity contribution in [2.45, 2.75) is 50.2 Å². The zero-order chi connectivity index (χ0) is 18.9. The number of anilines is 1. The van der Waals surface area contributed by atoms with E-state index in [9.17, 15) is 14.0 Å². The number of piperidine rings is 1. The van der Waals surface area contributed by atoms with Crippen LogP contribution in [0.15, 0.2) is 24.3 Å². The van der Waals surface area contributed by atoms with E-state index in [0.29, 0.717) is 18.8 Å². The Morgan fingerprint density at radius 1 is 1.00 bits per heavy atom. The van der Waals surface area contributed by atoms with E-state index in [4.69, 9.17) is 4.74 Å². The van der Waals surface area contributed by atoms with Crippen LogP contribution in [0.3, 0.4) is 0 Å². The lowest BCUT2D eigenvalue weighted by atomic mass is 9.88. The van der Waals surface area contributed by atoms with Crippen LogP contribution in [0.4, 0.5) is 14.9 Å². The molecule has 1 spiro atoms. The van der Waals surface area contributed by atoms with Crippen LogP contribution >= 0.6 is 0 Å². The van der Waals surface area contributed by atoms with Crippen molar-refractivity contribution in [3.63, 3.8) is 0 Å². The van der Waals surface area contributed by atoms with Crippen LogP contribution < -0.4 is 5.32 Å². The number of likely N-dealkylation sites (tertiary alicyclic amines) is 2. The van der Waals surface area contributed by atoms with Crippen LogP contribution in [0, 0.1) is 5.82 Å². The second-order valence-electron chi connectivity index (χ2n) is 7.78. The maximum atomic E-state index is 13.0. The molecule has 0 aliphatic carbocycles. The molecule has 3 aliphatic heterocycles. The van der Waals surface area contributed by atoms with Crippen LogP contribution in [0.2, 0.25) is 0 Å². The molecule has 146 valence electrons. The first-order valence-electron chi connectivity index (χ1n) is 9.83. The number of amides is 3. The fourth-order valence-electron chi connectivity index (χ4n) is 4.35. The molecule has 3 aliphatic rings. The van der Waals surface area contributed by atoms with Gasteiger partial charge in [0.1, 0.15) is 11.9 Å². The number of carbonyl (C=O) groups excluding carboxylic acids is 2.